The molecule has 0 radical (unpaired) electrons. The summed E-state index contributed by atoms with van der Waals surface area (Å²) in [5.41, 5.74) is 1.78. The lowest BCUT2D eigenvalue weighted by Gasteiger charge is -1.94. The maximum absolute atomic E-state index is 10.4. The lowest BCUT2D eigenvalue weighted by molar-refractivity contribution is -0.107. The molecule has 2 aromatic heterocycles. The van der Waals surface area contributed by atoms with Crippen LogP contribution in [0.5, 0.6) is 0 Å². The summed E-state index contributed by atoms with van der Waals surface area (Å²) >= 11 is 0. The van der Waals surface area contributed by atoms with E-state index < -0.39 is 0 Å². The second-order valence-electron chi connectivity index (χ2n) is 3.83. The Kier molecular flexibility index (Phi) is 2.49. The van der Waals surface area contributed by atoms with Crippen molar-refractivity contribution in [1.29, 1.82) is 0 Å². The molecule has 2 aromatic rings. The monoisotopic (exact) mass is 203 g/mol. The van der Waals surface area contributed by atoms with Crippen LogP contribution in [0.2, 0.25) is 0 Å². The summed E-state index contributed by atoms with van der Waals surface area (Å²) in [6.07, 6.45) is 3.17. The van der Waals surface area contributed by atoms with Gasteiger partial charge in [-0.05, 0) is 17.7 Å². The van der Waals surface area contributed by atoms with Crippen molar-refractivity contribution < 1.29 is 4.79 Å². The molecule has 0 aromatic carbocycles. The van der Waals surface area contributed by atoms with Gasteiger partial charge in [0.2, 0.25) is 0 Å². The van der Waals surface area contributed by atoms with Crippen molar-refractivity contribution in [3.05, 3.63) is 29.7 Å². The molecular formula is C11H13N3O. The van der Waals surface area contributed by atoms with E-state index in [9.17, 15) is 4.79 Å². The molecule has 0 amide bonds. The normalized spacial score (nSPS) is 11.1. The van der Waals surface area contributed by atoms with Crippen LogP contribution in [0, 0.1) is 0 Å². The number of pyridine rings is 1. The third-order valence-electron chi connectivity index (χ3n) is 2.25. The fourth-order valence-electron chi connectivity index (χ4n) is 1.41. The van der Waals surface area contributed by atoms with Crippen LogP contribution in [-0.4, -0.2) is 20.9 Å². The number of carbonyl (C=O) groups excluding carboxylic acids is 1. The number of nitrogens with zero attached hydrogens (tertiary/aromatic N) is 3. The van der Waals surface area contributed by atoms with Crippen molar-refractivity contribution >= 4 is 11.9 Å². The molecule has 78 valence electrons. The topological polar surface area (TPSA) is 47.3 Å². The third kappa shape index (κ3) is 1.88. The van der Waals surface area contributed by atoms with Gasteiger partial charge in [-0.25, -0.2) is 9.50 Å². The first kappa shape index (κ1) is 9.83. The summed E-state index contributed by atoms with van der Waals surface area (Å²) in [6, 6.07) is 3.79. The van der Waals surface area contributed by atoms with Gasteiger partial charge in [0.1, 0.15) is 6.29 Å². The molecule has 0 aliphatic carbocycles. The number of hydrogen-bond acceptors (Lipinski definition) is 3. The largest absolute Gasteiger partial charge is 0.303 e. The first-order chi connectivity index (χ1) is 7.20. The van der Waals surface area contributed by atoms with E-state index in [2.05, 4.69) is 23.9 Å². The number of fused-ring (bicyclic) bond motifs is 1. The van der Waals surface area contributed by atoms with Crippen molar-refractivity contribution in [3.63, 3.8) is 0 Å². The fraction of sp³-hybridized carbons (Fsp3) is 0.364. The van der Waals surface area contributed by atoms with Gasteiger partial charge >= 0.3 is 0 Å². The standard InChI is InChI=1S/C11H13N3O/c1-8(2)11-12-10-7-9(4-6-15)3-5-14(10)13-11/h3,5-8H,4H2,1-2H3. The maximum atomic E-state index is 10.4. The first-order valence-corrected chi connectivity index (χ1v) is 4.99. The smallest absolute Gasteiger partial charge is 0.155 e. The molecule has 0 fully saturated rings. The van der Waals surface area contributed by atoms with Gasteiger partial charge in [-0.2, -0.15) is 5.10 Å². The van der Waals surface area contributed by atoms with Gasteiger partial charge in [0.05, 0.1) is 0 Å². The molecule has 0 saturated carbocycles. The summed E-state index contributed by atoms with van der Waals surface area (Å²) in [4.78, 5) is 14.8. The number of aromatic nitrogens is 3. The Bertz CT molecular complexity index is 488. The molecule has 0 unspecified atom stereocenters. The zero-order valence-corrected chi connectivity index (χ0v) is 8.84. The lowest BCUT2D eigenvalue weighted by Crippen LogP contribution is -1.92. The highest BCUT2D eigenvalue weighted by Gasteiger charge is 2.07. The number of rotatable bonds is 3. The molecule has 4 heteroatoms. The fourth-order valence-corrected chi connectivity index (χ4v) is 1.41. The molecule has 0 aliphatic heterocycles. The quantitative estimate of drug-likeness (QED) is 0.712. The summed E-state index contributed by atoms with van der Waals surface area (Å²) < 4.78 is 1.74. The van der Waals surface area contributed by atoms with Crippen molar-refractivity contribution in [2.45, 2.75) is 26.2 Å². The van der Waals surface area contributed by atoms with Crippen LogP contribution in [0.15, 0.2) is 18.3 Å². The molecule has 0 bridgehead atoms. The average Bonchev–Trinajstić information content (AvgIpc) is 2.61. The molecular weight excluding hydrogens is 190 g/mol. The van der Waals surface area contributed by atoms with Gasteiger partial charge in [-0.1, -0.05) is 13.8 Å². The Morgan fingerprint density at radius 3 is 3.00 bits per heavy atom. The average molecular weight is 203 g/mol. The van der Waals surface area contributed by atoms with Crippen LogP contribution >= 0.6 is 0 Å². The van der Waals surface area contributed by atoms with Crippen LogP contribution in [0.4, 0.5) is 0 Å². The zero-order chi connectivity index (χ0) is 10.8. The summed E-state index contributed by atoms with van der Waals surface area (Å²) in [7, 11) is 0. The molecule has 4 nitrogen and oxygen atoms in total. The van der Waals surface area contributed by atoms with Gasteiger partial charge in [-0.3, -0.25) is 0 Å². The first-order valence-electron chi connectivity index (χ1n) is 4.99. The predicted octanol–water partition coefficient (Wildman–Crippen LogP) is 1.59. The molecule has 0 atom stereocenters. The van der Waals surface area contributed by atoms with E-state index in [0.29, 0.717) is 12.3 Å². The maximum Gasteiger partial charge on any atom is 0.155 e. The van der Waals surface area contributed by atoms with Crippen LogP contribution in [0.1, 0.15) is 31.2 Å². The van der Waals surface area contributed by atoms with Crippen molar-refractivity contribution in [3.8, 4) is 0 Å². The second kappa shape index (κ2) is 3.81. The van der Waals surface area contributed by atoms with Crippen molar-refractivity contribution in [2.24, 2.45) is 0 Å². The minimum atomic E-state index is 0.319. The Balaban J connectivity index is 2.47. The Labute approximate surface area is 87.9 Å². The van der Waals surface area contributed by atoms with Crippen LogP contribution in [0.3, 0.4) is 0 Å². The highest BCUT2D eigenvalue weighted by atomic mass is 16.1. The molecule has 0 N–H and O–H groups in total. The molecule has 15 heavy (non-hydrogen) atoms. The minimum absolute atomic E-state index is 0.319. The minimum Gasteiger partial charge on any atom is -0.303 e. The van der Waals surface area contributed by atoms with E-state index in [-0.39, 0.29) is 0 Å². The van der Waals surface area contributed by atoms with Gasteiger partial charge in [-0.15, -0.1) is 0 Å². The molecule has 0 aliphatic rings. The van der Waals surface area contributed by atoms with Gasteiger partial charge in [0.15, 0.2) is 11.5 Å². The van der Waals surface area contributed by atoms with E-state index in [1.54, 1.807) is 4.52 Å². The van der Waals surface area contributed by atoms with Crippen molar-refractivity contribution in [1.82, 2.24) is 14.6 Å². The van der Waals surface area contributed by atoms with E-state index >= 15 is 0 Å². The van der Waals surface area contributed by atoms with E-state index in [1.165, 1.54) is 0 Å². The van der Waals surface area contributed by atoms with Gasteiger partial charge in [0.25, 0.3) is 0 Å². The van der Waals surface area contributed by atoms with E-state index in [4.69, 9.17) is 0 Å². The molecule has 0 saturated heterocycles. The number of carbonyl (C=O) groups is 1. The molecule has 2 rings (SSSR count). The number of hydrogen-bond donors (Lipinski definition) is 0. The Hall–Kier alpha value is -1.71. The highest BCUT2D eigenvalue weighted by Crippen LogP contribution is 2.12. The van der Waals surface area contributed by atoms with Crippen molar-refractivity contribution in [2.75, 3.05) is 0 Å². The molecule has 0 spiro atoms. The highest BCUT2D eigenvalue weighted by molar-refractivity contribution is 5.56. The Morgan fingerprint density at radius 2 is 2.33 bits per heavy atom. The second-order valence-corrected chi connectivity index (χ2v) is 3.83. The molecule has 2 heterocycles. The SMILES string of the molecule is CC(C)c1nc2cc(CC=O)ccn2n1. The van der Waals surface area contributed by atoms with Gasteiger partial charge in [0, 0.05) is 18.5 Å². The van der Waals surface area contributed by atoms with Gasteiger partial charge < -0.3 is 4.79 Å². The summed E-state index contributed by atoms with van der Waals surface area (Å²) in [5.74, 6) is 1.15. The van der Waals surface area contributed by atoms with Crippen LogP contribution in [0.25, 0.3) is 5.65 Å². The van der Waals surface area contributed by atoms with Crippen LogP contribution in [-0.2, 0) is 11.2 Å². The summed E-state index contributed by atoms with van der Waals surface area (Å²) in [5, 5.41) is 4.33. The number of aldehydes is 1. The predicted molar refractivity (Wildman–Crippen MR) is 56.8 cm³/mol. The van der Waals surface area contributed by atoms with E-state index in [0.717, 1.165) is 23.3 Å². The zero-order valence-electron chi connectivity index (χ0n) is 8.84. The summed E-state index contributed by atoms with van der Waals surface area (Å²) in [6.45, 7) is 4.11. The van der Waals surface area contributed by atoms with E-state index in [1.807, 2.05) is 18.3 Å². The lowest BCUT2D eigenvalue weighted by atomic mass is 10.2. The third-order valence-corrected chi connectivity index (χ3v) is 2.25. The Morgan fingerprint density at radius 1 is 1.53 bits per heavy atom. The van der Waals surface area contributed by atoms with Crippen LogP contribution < -0.4 is 0 Å².